The molecule has 3 heterocycles. The first-order chi connectivity index (χ1) is 12.7. The Hall–Kier alpha value is -3.46. The van der Waals surface area contributed by atoms with Crippen LogP contribution in [0.15, 0.2) is 48.0 Å². The number of anilines is 1. The second-order valence-corrected chi connectivity index (χ2v) is 5.69. The summed E-state index contributed by atoms with van der Waals surface area (Å²) in [5, 5.41) is 15.6. The van der Waals surface area contributed by atoms with Crippen LogP contribution in [0, 0.1) is 5.82 Å². The molecule has 0 aliphatic rings. The molecule has 4 N–H and O–H groups in total. The molecule has 0 bridgehead atoms. The first-order valence-corrected chi connectivity index (χ1v) is 7.82. The molecule has 130 valence electrons. The molecule has 0 saturated heterocycles. The second kappa shape index (κ2) is 6.45. The number of hydrogen-bond donors (Lipinski definition) is 4. The molecule has 0 radical (unpaired) electrons. The Balaban J connectivity index is 1.75. The molecule has 26 heavy (non-hydrogen) atoms. The Bertz CT molecular complexity index is 1110. The maximum Gasteiger partial charge on any atom is 0.179 e. The number of nitrogens with zero attached hydrogens (tertiary/aromatic N) is 4. The molecule has 0 aliphatic heterocycles. The van der Waals surface area contributed by atoms with E-state index < -0.39 is 5.82 Å². The molecule has 4 rings (SSSR count). The van der Waals surface area contributed by atoms with Crippen LogP contribution in [0.4, 0.5) is 10.1 Å². The van der Waals surface area contributed by atoms with E-state index in [-0.39, 0.29) is 10.9 Å². The van der Waals surface area contributed by atoms with Gasteiger partial charge in [0.25, 0.3) is 0 Å². The Kier molecular flexibility index (Phi) is 3.98. The van der Waals surface area contributed by atoms with Crippen LogP contribution >= 0.6 is 11.6 Å². The summed E-state index contributed by atoms with van der Waals surface area (Å²) in [6.45, 7) is 0. The lowest BCUT2D eigenvalue weighted by atomic mass is 10.2. The van der Waals surface area contributed by atoms with E-state index in [4.69, 9.17) is 11.6 Å². The summed E-state index contributed by atoms with van der Waals surface area (Å²) in [7, 11) is 0. The number of fused-ring (bicyclic) bond motifs is 1. The van der Waals surface area contributed by atoms with Gasteiger partial charge < -0.3 is 20.5 Å². The molecular weight excluding hydrogens is 361 g/mol. The highest BCUT2D eigenvalue weighted by atomic mass is 35.5. The van der Waals surface area contributed by atoms with Gasteiger partial charge in [0.1, 0.15) is 5.82 Å². The molecule has 0 fully saturated rings. The van der Waals surface area contributed by atoms with E-state index in [1.165, 1.54) is 24.4 Å². The number of hydrogen-bond acceptors (Lipinski definition) is 5. The minimum Gasteiger partial charge on any atom is -0.409 e. The first kappa shape index (κ1) is 16.0. The number of amidine groups is 1. The van der Waals surface area contributed by atoms with Crippen molar-refractivity contribution in [3.05, 3.63) is 59.3 Å². The summed E-state index contributed by atoms with van der Waals surface area (Å²) in [4.78, 5) is 18.8. The molecule has 0 saturated carbocycles. The van der Waals surface area contributed by atoms with Crippen molar-refractivity contribution in [3.63, 3.8) is 0 Å². The highest BCUT2D eigenvalue weighted by Gasteiger charge is 2.16. The van der Waals surface area contributed by atoms with Crippen molar-refractivity contribution in [3.8, 4) is 11.6 Å². The van der Waals surface area contributed by atoms with Crippen molar-refractivity contribution in [2.24, 2.45) is 5.16 Å². The van der Waals surface area contributed by atoms with Gasteiger partial charge in [-0.1, -0.05) is 16.8 Å². The van der Waals surface area contributed by atoms with E-state index in [1.54, 1.807) is 18.5 Å². The number of aromatic nitrogens is 5. The number of nitrogens with one attached hydrogen (secondary N) is 3. The lowest BCUT2D eigenvalue weighted by Crippen LogP contribution is -2.14. The molecule has 4 aromatic rings. The van der Waals surface area contributed by atoms with Gasteiger partial charge in [0.05, 0.1) is 10.5 Å². The average molecular weight is 372 g/mol. The van der Waals surface area contributed by atoms with Crippen LogP contribution in [0.5, 0.6) is 0 Å². The lowest BCUT2D eigenvalue weighted by molar-refractivity contribution is 0.319. The Labute approximate surface area is 150 Å². The summed E-state index contributed by atoms with van der Waals surface area (Å²) in [6.07, 6.45) is 4.82. The van der Waals surface area contributed by atoms with Crippen molar-refractivity contribution in [1.29, 1.82) is 0 Å². The van der Waals surface area contributed by atoms with Gasteiger partial charge >= 0.3 is 0 Å². The van der Waals surface area contributed by atoms with Crippen LogP contribution in [-0.2, 0) is 0 Å². The molecule has 1 aromatic carbocycles. The Morgan fingerprint density at radius 2 is 2.08 bits per heavy atom. The number of rotatable bonds is 3. The number of oxime groups is 1. The monoisotopic (exact) mass is 371 g/mol. The summed E-state index contributed by atoms with van der Waals surface area (Å²) in [5.74, 6) is 0.624. The maximum absolute atomic E-state index is 13.3. The smallest absolute Gasteiger partial charge is 0.179 e. The fourth-order valence-corrected chi connectivity index (χ4v) is 2.65. The molecule has 0 spiro atoms. The van der Waals surface area contributed by atoms with Crippen molar-refractivity contribution in [2.45, 2.75) is 0 Å². The summed E-state index contributed by atoms with van der Waals surface area (Å²) in [5.41, 5.74) is 1.95. The number of pyridine rings is 1. The van der Waals surface area contributed by atoms with E-state index >= 15 is 0 Å². The van der Waals surface area contributed by atoms with E-state index in [0.29, 0.717) is 34.1 Å². The van der Waals surface area contributed by atoms with Crippen LogP contribution in [-0.4, -0.2) is 36.0 Å². The van der Waals surface area contributed by atoms with Crippen LogP contribution in [0.25, 0.3) is 22.8 Å². The fraction of sp³-hybridized carbons (Fsp3) is 0. The minimum atomic E-state index is -0.539. The second-order valence-electron chi connectivity index (χ2n) is 5.28. The highest BCUT2D eigenvalue weighted by molar-refractivity contribution is 6.31. The number of halogens is 2. The third kappa shape index (κ3) is 2.84. The van der Waals surface area contributed by atoms with Gasteiger partial charge in [0.15, 0.2) is 23.1 Å². The average Bonchev–Trinajstić information content (AvgIpc) is 3.31. The quantitative estimate of drug-likeness (QED) is 0.191. The number of benzene rings is 1. The van der Waals surface area contributed by atoms with Crippen LogP contribution in [0.3, 0.4) is 0 Å². The molecule has 0 aliphatic carbocycles. The predicted octanol–water partition coefficient (Wildman–Crippen LogP) is 3.39. The summed E-state index contributed by atoms with van der Waals surface area (Å²) >= 11 is 5.79. The standard InChI is InChI=1S/C16H11ClFN7O/c17-10-7-8(1-2-11(10)18)22-13(25-26)9-3-4-19-14-12(9)23-16(24-14)15-20-5-6-21-15/h1-7,26H,(H,20,21)(H,22,25)(H,19,23,24). The van der Waals surface area contributed by atoms with Crippen LogP contribution < -0.4 is 5.32 Å². The van der Waals surface area contributed by atoms with Gasteiger partial charge in [-0.25, -0.2) is 19.3 Å². The molecule has 0 amide bonds. The first-order valence-electron chi connectivity index (χ1n) is 7.44. The molecule has 3 aromatic heterocycles. The van der Waals surface area contributed by atoms with Crippen LogP contribution in [0.2, 0.25) is 5.02 Å². The fourth-order valence-electron chi connectivity index (χ4n) is 2.47. The molecular formula is C16H11ClFN7O. The normalized spacial score (nSPS) is 11.8. The van der Waals surface area contributed by atoms with Gasteiger partial charge in [0.2, 0.25) is 0 Å². The predicted molar refractivity (Wildman–Crippen MR) is 94.8 cm³/mol. The zero-order chi connectivity index (χ0) is 18.1. The number of aromatic amines is 2. The van der Waals surface area contributed by atoms with Gasteiger partial charge in [0, 0.05) is 29.8 Å². The van der Waals surface area contributed by atoms with Gasteiger partial charge in [-0.15, -0.1) is 0 Å². The van der Waals surface area contributed by atoms with Crippen LogP contribution in [0.1, 0.15) is 5.56 Å². The van der Waals surface area contributed by atoms with Gasteiger partial charge in [-0.2, -0.15) is 0 Å². The molecule has 10 heteroatoms. The van der Waals surface area contributed by atoms with E-state index in [1.807, 2.05) is 0 Å². The molecule has 0 atom stereocenters. The van der Waals surface area contributed by atoms with Crippen molar-refractivity contribution >= 4 is 34.3 Å². The van der Waals surface area contributed by atoms with Crippen molar-refractivity contribution in [1.82, 2.24) is 24.9 Å². The van der Waals surface area contributed by atoms with E-state index in [9.17, 15) is 9.60 Å². The zero-order valence-corrected chi connectivity index (χ0v) is 13.8. The molecule has 0 unspecified atom stereocenters. The molecule has 8 nitrogen and oxygen atoms in total. The van der Waals surface area contributed by atoms with E-state index in [0.717, 1.165) is 0 Å². The zero-order valence-electron chi connectivity index (χ0n) is 13.0. The van der Waals surface area contributed by atoms with Gasteiger partial charge in [-0.3, -0.25) is 0 Å². The lowest BCUT2D eigenvalue weighted by Gasteiger charge is -2.09. The largest absolute Gasteiger partial charge is 0.409 e. The maximum atomic E-state index is 13.3. The topological polar surface area (TPSA) is 115 Å². The third-order valence-electron chi connectivity index (χ3n) is 3.65. The van der Waals surface area contributed by atoms with Crippen molar-refractivity contribution in [2.75, 3.05) is 5.32 Å². The third-order valence-corrected chi connectivity index (χ3v) is 3.94. The summed E-state index contributed by atoms with van der Waals surface area (Å²) in [6, 6.07) is 5.74. The highest BCUT2D eigenvalue weighted by Crippen LogP contribution is 2.23. The SMILES string of the molecule is O/N=C(\Nc1ccc(F)c(Cl)c1)c1ccnc2nc(-c3ncc[nH]3)[nH]c12. The Morgan fingerprint density at radius 3 is 2.81 bits per heavy atom. The van der Waals surface area contributed by atoms with E-state index in [2.05, 4.69) is 35.4 Å². The minimum absolute atomic E-state index is 0.0474. The van der Waals surface area contributed by atoms with Crippen molar-refractivity contribution < 1.29 is 9.60 Å². The Morgan fingerprint density at radius 1 is 1.19 bits per heavy atom. The van der Waals surface area contributed by atoms with Gasteiger partial charge in [-0.05, 0) is 24.3 Å². The summed E-state index contributed by atoms with van der Waals surface area (Å²) < 4.78 is 13.3. The number of imidazole rings is 2. The number of H-pyrrole nitrogens is 2.